The molecular weight excluding hydrogens is 328 g/mol. The molecule has 98 valence electrons. The number of aromatic nitrogens is 1. The van der Waals surface area contributed by atoms with Gasteiger partial charge in [-0.1, -0.05) is 18.5 Å². The van der Waals surface area contributed by atoms with Crippen LogP contribution in [0.2, 0.25) is 5.02 Å². The van der Waals surface area contributed by atoms with Gasteiger partial charge in [0.2, 0.25) is 5.91 Å². The first kappa shape index (κ1) is 12.9. The number of pyridine rings is 1. The molecule has 1 unspecified atom stereocenters. The van der Waals surface area contributed by atoms with Gasteiger partial charge in [-0.05, 0) is 51.9 Å². The number of halogens is 2. The minimum Gasteiger partial charge on any atom is -0.310 e. The molecule has 3 nitrogen and oxygen atoms in total. The number of hydrogen-bond donors (Lipinski definition) is 1. The lowest BCUT2D eigenvalue weighted by molar-refractivity contribution is -0.117. The van der Waals surface area contributed by atoms with Crippen molar-refractivity contribution in [3.63, 3.8) is 0 Å². The van der Waals surface area contributed by atoms with Crippen LogP contribution in [-0.4, -0.2) is 10.9 Å². The maximum atomic E-state index is 11.9. The van der Waals surface area contributed by atoms with Gasteiger partial charge in [0.1, 0.15) is 5.82 Å². The zero-order valence-electron chi connectivity index (χ0n) is 10.3. The molecule has 3 rings (SSSR count). The summed E-state index contributed by atoms with van der Waals surface area (Å²) < 4.78 is 0.834. The molecule has 1 fully saturated rings. The lowest BCUT2D eigenvalue weighted by atomic mass is 10.2. The van der Waals surface area contributed by atoms with Gasteiger partial charge >= 0.3 is 0 Å². The highest BCUT2D eigenvalue weighted by Gasteiger charge is 2.39. The second-order valence-electron chi connectivity index (χ2n) is 4.99. The van der Waals surface area contributed by atoms with Gasteiger partial charge in [-0.2, -0.15) is 0 Å². The van der Waals surface area contributed by atoms with E-state index in [2.05, 4.69) is 33.2 Å². The first-order valence-electron chi connectivity index (χ1n) is 6.10. The minimum absolute atomic E-state index is 0.0624. The Balaban J connectivity index is 1.89. The smallest absolute Gasteiger partial charge is 0.228 e. The third-order valence-electron chi connectivity index (χ3n) is 3.46. The fourth-order valence-corrected chi connectivity index (χ4v) is 2.65. The highest BCUT2D eigenvalue weighted by Crippen LogP contribution is 2.38. The summed E-state index contributed by atoms with van der Waals surface area (Å²) in [7, 11) is 0. The van der Waals surface area contributed by atoms with Gasteiger partial charge in [0.15, 0.2) is 0 Å². The molecule has 0 aliphatic heterocycles. The first-order chi connectivity index (χ1) is 9.04. The van der Waals surface area contributed by atoms with Crippen LogP contribution in [0.1, 0.15) is 13.3 Å². The van der Waals surface area contributed by atoms with Gasteiger partial charge in [0.25, 0.3) is 0 Å². The number of rotatable bonds is 2. The van der Waals surface area contributed by atoms with Crippen molar-refractivity contribution < 1.29 is 4.79 Å². The molecule has 1 aromatic heterocycles. The van der Waals surface area contributed by atoms with Crippen molar-refractivity contribution >= 4 is 50.0 Å². The number of carbonyl (C=O) groups is 1. The fourth-order valence-electron chi connectivity index (χ4n) is 2.11. The summed E-state index contributed by atoms with van der Waals surface area (Å²) in [6, 6.07) is 5.64. The molecular formula is C14H12BrClN2O. The van der Waals surface area contributed by atoms with Crippen LogP contribution < -0.4 is 5.32 Å². The summed E-state index contributed by atoms with van der Waals surface area (Å²) in [6.45, 7) is 2.08. The number of hydrogen-bond acceptors (Lipinski definition) is 2. The minimum atomic E-state index is 0.0624. The van der Waals surface area contributed by atoms with Crippen LogP contribution in [0.3, 0.4) is 0 Å². The van der Waals surface area contributed by atoms with Gasteiger partial charge in [0.05, 0.1) is 5.02 Å². The Kier molecular flexibility index (Phi) is 3.23. The summed E-state index contributed by atoms with van der Waals surface area (Å²) in [6.07, 6.45) is 2.69. The SMILES string of the molecule is CC1C[C@H]1C(=O)Nc1cc2cc(Br)c(Cl)cc2cn1. The van der Waals surface area contributed by atoms with E-state index in [4.69, 9.17) is 11.6 Å². The number of fused-ring (bicyclic) bond motifs is 1. The highest BCUT2D eigenvalue weighted by molar-refractivity contribution is 9.10. The number of carbonyl (C=O) groups excluding carboxylic acids is 1. The van der Waals surface area contributed by atoms with Crippen molar-refractivity contribution in [2.75, 3.05) is 5.32 Å². The Bertz CT molecular complexity index is 674. The normalized spacial score (nSPS) is 21.4. The van der Waals surface area contributed by atoms with Crippen LogP contribution in [0.5, 0.6) is 0 Å². The summed E-state index contributed by atoms with van der Waals surface area (Å²) >= 11 is 9.43. The van der Waals surface area contributed by atoms with Crippen LogP contribution in [0.15, 0.2) is 28.9 Å². The molecule has 0 saturated heterocycles. The van der Waals surface area contributed by atoms with Crippen molar-refractivity contribution in [2.24, 2.45) is 11.8 Å². The number of amides is 1. The van der Waals surface area contributed by atoms with Gasteiger partial charge in [-0.3, -0.25) is 4.79 Å². The van der Waals surface area contributed by atoms with E-state index in [1.54, 1.807) is 6.20 Å². The lowest BCUT2D eigenvalue weighted by Gasteiger charge is -2.06. The molecule has 5 heteroatoms. The molecule has 2 atom stereocenters. The zero-order valence-corrected chi connectivity index (χ0v) is 12.6. The van der Waals surface area contributed by atoms with Gasteiger partial charge < -0.3 is 5.32 Å². The standard InChI is InChI=1S/C14H12BrClN2O/c1-7-2-10(7)14(19)18-13-5-8-3-11(15)12(16)4-9(8)6-17-13/h3-7,10H,2H2,1H3,(H,17,18,19)/t7?,10-/m1/s1. The largest absolute Gasteiger partial charge is 0.310 e. The highest BCUT2D eigenvalue weighted by atomic mass is 79.9. The van der Waals surface area contributed by atoms with Crippen molar-refractivity contribution in [3.8, 4) is 0 Å². The lowest BCUT2D eigenvalue weighted by Crippen LogP contribution is -2.15. The van der Waals surface area contributed by atoms with E-state index in [9.17, 15) is 4.79 Å². The molecule has 1 saturated carbocycles. The number of nitrogens with zero attached hydrogens (tertiary/aromatic N) is 1. The van der Waals surface area contributed by atoms with E-state index in [-0.39, 0.29) is 11.8 Å². The Morgan fingerprint density at radius 3 is 2.84 bits per heavy atom. The van der Waals surface area contributed by atoms with Gasteiger partial charge in [-0.25, -0.2) is 4.98 Å². The van der Waals surface area contributed by atoms with Crippen LogP contribution >= 0.6 is 27.5 Å². The Hall–Kier alpha value is -1.13. The average molecular weight is 340 g/mol. The van der Waals surface area contributed by atoms with Crippen LogP contribution in [0.4, 0.5) is 5.82 Å². The van der Waals surface area contributed by atoms with E-state index < -0.39 is 0 Å². The number of nitrogens with one attached hydrogen (secondary N) is 1. The molecule has 0 radical (unpaired) electrons. The molecule has 19 heavy (non-hydrogen) atoms. The predicted molar refractivity (Wildman–Crippen MR) is 80.4 cm³/mol. The van der Waals surface area contributed by atoms with E-state index >= 15 is 0 Å². The monoisotopic (exact) mass is 338 g/mol. The van der Waals surface area contributed by atoms with E-state index in [0.717, 1.165) is 21.7 Å². The number of anilines is 1. The molecule has 1 heterocycles. The summed E-state index contributed by atoms with van der Waals surface area (Å²) in [4.78, 5) is 16.1. The quantitative estimate of drug-likeness (QED) is 0.889. The maximum Gasteiger partial charge on any atom is 0.228 e. The Labute approximate surface area is 124 Å². The molecule has 0 bridgehead atoms. The van der Waals surface area contributed by atoms with Gasteiger partial charge in [0, 0.05) is 22.0 Å². The summed E-state index contributed by atoms with van der Waals surface area (Å²) in [5, 5.41) is 5.45. The molecule has 1 aliphatic rings. The molecule has 0 spiro atoms. The van der Waals surface area contributed by atoms with Gasteiger partial charge in [-0.15, -0.1) is 0 Å². The third-order valence-corrected chi connectivity index (χ3v) is 4.66. The van der Waals surface area contributed by atoms with Crippen molar-refractivity contribution in [3.05, 3.63) is 33.9 Å². The zero-order chi connectivity index (χ0) is 13.6. The molecule has 1 N–H and O–H groups in total. The topological polar surface area (TPSA) is 42.0 Å². The molecule has 1 aliphatic carbocycles. The van der Waals surface area contributed by atoms with Crippen LogP contribution in [-0.2, 0) is 4.79 Å². The van der Waals surface area contributed by atoms with Crippen LogP contribution in [0.25, 0.3) is 10.8 Å². The second-order valence-corrected chi connectivity index (χ2v) is 6.25. The molecule has 2 aromatic rings. The second kappa shape index (κ2) is 4.76. The molecule has 1 amide bonds. The fraction of sp³-hybridized carbons (Fsp3) is 0.286. The van der Waals surface area contributed by atoms with E-state index in [1.165, 1.54) is 0 Å². The van der Waals surface area contributed by atoms with Crippen molar-refractivity contribution in [1.82, 2.24) is 4.98 Å². The van der Waals surface area contributed by atoms with Crippen molar-refractivity contribution in [1.29, 1.82) is 0 Å². The average Bonchev–Trinajstić information content (AvgIpc) is 3.08. The maximum absolute atomic E-state index is 11.9. The van der Waals surface area contributed by atoms with E-state index in [0.29, 0.717) is 16.8 Å². The Morgan fingerprint density at radius 2 is 2.16 bits per heavy atom. The van der Waals surface area contributed by atoms with Crippen LogP contribution in [0, 0.1) is 11.8 Å². The molecule has 1 aromatic carbocycles. The third kappa shape index (κ3) is 2.60. The van der Waals surface area contributed by atoms with E-state index in [1.807, 2.05) is 18.2 Å². The summed E-state index contributed by atoms with van der Waals surface area (Å²) in [5.41, 5.74) is 0. The predicted octanol–water partition coefficient (Wildman–Crippen LogP) is 4.25. The summed E-state index contributed by atoms with van der Waals surface area (Å²) in [5.74, 6) is 1.29. The van der Waals surface area contributed by atoms with Crippen molar-refractivity contribution in [2.45, 2.75) is 13.3 Å². The Morgan fingerprint density at radius 1 is 1.42 bits per heavy atom. The number of benzene rings is 1. The first-order valence-corrected chi connectivity index (χ1v) is 7.27.